The summed E-state index contributed by atoms with van der Waals surface area (Å²) in [4.78, 5) is 22.9. The lowest BCUT2D eigenvalue weighted by Crippen LogP contribution is -2.34. The fourth-order valence-electron chi connectivity index (χ4n) is 2.94. The first-order valence-electron chi connectivity index (χ1n) is 7.36. The second kappa shape index (κ2) is 5.85. The number of aliphatic carboxylic acids is 1. The van der Waals surface area contributed by atoms with E-state index in [1.54, 1.807) is 0 Å². The fraction of sp³-hybridized carbons (Fsp3) is 0.500. The average Bonchev–Trinajstić information content (AvgIpc) is 3.15. The zero-order chi connectivity index (χ0) is 14.8. The third-order valence-electron chi connectivity index (χ3n) is 4.24. The van der Waals surface area contributed by atoms with Crippen LogP contribution in [-0.2, 0) is 14.3 Å². The molecule has 1 aromatic carbocycles. The Labute approximate surface area is 123 Å². The van der Waals surface area contributed by atoms with Gasteiger partial charge in [-0.05, 0) is 30.7 Å². The third-order valence-corrected chi connectivity index (χ3v) is 4.24. The highest BCUT2D eigenvalue weighted by Crippen LogP contribution is 2.47. The summed E-state index contributed by atoms with van der Waals surface area (Å²) in [5, 5.41) is 11.7. The van der Waals surface area contributed by atoms with Gasteiger partial charge in [-0.1, -0.05) is 30.3 Å². The van der Waals surface area contributed by atoms with Crippen LogP contribution in [0.15, 0.2) is 30.3 Å². The van der Waals surface area contributed by atoms with Gasteiger partial charge in [0.15, 0.2) is 6.10 Å². The summed E-state index contributed by atoms with van der Waals surface area (Å²) in [7, 11) is 0. The van der Waals surface area contributed by atoms with Crippen LogP contribution in [0.1, 0.15) is 30.7 Å². The minimum atomic E-state index is -0.921. The lowest BCUT2D eigenvalue weighted by atomic mass is 10.1. The van der Waals surface area contributed by atoms with E-state index >= 15 is 0 Å². The van der Waals surface area contributed by atoms with Crippen molar-refractivity contribution in [2.24, 2.45) is 5.92 Å². The molecule has 1 aliphatic heterocycles. The molecule has 5 heteroatoms. The van der Waals surface area contributed by atoms with Crippen molar-refractivity contribution in [1.29, 1.82) is 0 Å². The maximum atomic E-state index is 12.1. The number of carboxylic acids is 1. The Kier molecular flexibility index (Phi) is 3.92. The van der Waals surface area contributed by atoms with E-state index in [1.165, 1.54) is 5.56 Å². The van der Waals surface area contributed by atoms with E-state index in [0.29, 0.717) is 25.3 Å². The number of benzene rings is 1. The van der Waals surface area contributed by atoms with Crippen LogP contribution in [0.25, 0.3) is 0 Å². The molecular weight excluding hydrogens is 270 g/mol. The van der Waals surface area contributed by atoms with E-state index in [2.05, 4.69) is 17.4 Å². The number of amides is 1. The summed E-state index contributed by atoms with van der Waals surface area (Å²) in [6, 6.07) is 10.0. The Hall–Kier alpha value is -1.88. The topological polar surface area (TPSA) is 75.6 Å². The molecule has 1 amide bonds. The van der Waals surface area contributed by atoms with Gasteiger partial charge in [-0.3, -0.25) is 4.79 Å². The molecule has 0 bridgehead atoms. The monoisotopic (exact) mass is 289 g/mol. The second-order valence-electron chi connectivity index (χ2n) is 5.77. The number of hydrogen-bond donors (Lipinski definition) is 2. The first kappa shape index (κ1) is 14.1. The molecule has 0 radical (unpaired) electrons. The van der Waals surface area contributed by atoms with Crippen molar-refractivity contribution in [2.45, 2.75) is 37.4 Å². The number of nitrogens with one attached hydrogen (secondary N) is 1. The van der Waals surface area contributed by atoms with Crippen molar-refractivity contribution in [2.75, 3.05) is 6.54 Å². The molecule has 1 heterocycles. The molecule has 4 atom stereocenters. The molecule has 2 fully saturated rings. The Morgan fingerprint density at radius 1 is 1.24 bits per heavy atom. The largest absolute Gasteiger partial charge is 0.479 e. The lowest BCUT2D eigenvalue weighted by molar-refractivity contribution is -0.149. The van der Waals surface area contributed by atoms with E-state index in [1.807, 2.05) is 18.2 Å². The first-order chi connectivity index (χ1) is 10.1. The van der Waals surface area contributed by atoms with E-state index in [0.717, 1.165) is 6.42 Å². The van der Waals surface area contributed by atoms with Gasteiger partial charge in [0.2, 0.25) is 5.91 Å². The zero-order valence-electron chi connectivity index (χ0n) is 11.7. The number of carbonyl (C=O) groups is 2. The number of hydrogen-bond acceptors (Lipinski definition) is 3. The molecule has 4 unspecified atom stereocenters. The minimum Gasteiger partial charge on any atom is -0.479 e. The molecule has 1 saturated carbocycles. The van der Waals surface area contributed by atoms with Crippen LogP contribution in [0.2, 0.25) is 0 Å². The second-order valence-corrected chi connectivity index (χ2v) is 5.77. The van der Waals surface area contributed by atoms with Gasteiger partial charge in [0.05, 0.1) is 6.10 Å². The van der Waals surface area contributed by atoms with Crippen LogP contribution >= 0.6 is 0 Å². The smallest absolute Gasteiger partial charge is 0.332 e. The van der Waals surface area contributed by atoms with E-state index in [-0.39, 0.29) is 17.9 Å². The molecule has 3 rings (SSSR count). The maximum Gasteiger partial charge on any atom is 0.332 e. The maximum absolute atomic E-state index is 12.1. The number of rotatable bonds is 5. The van der Waals surface area contributed by atoms with Crippen molar-refractivity contribution in [3.05, 3.63) is 35.9 Å². The van der Waals surface area contributed by atoms with Crippen molar-refractivity contribution in [3.63, 3.8) is 0 Å². The van der Waals surface area contributed by atoms with E-state index in [9.17, 15) is 9.59 Å². The van der Waals surface area contributed by atoms with Crippen LogP contribution in [-0.4, -0.2) is 35.7 Å². The third kappa shape index (κ3) is 3.24. The SMILES string of the molecule is O=C(O)C1CCC(CNC(=O)C2CC2c2ccccc2)O1. The highest BCUT2D eigenvalue weighted by Gasteiger charge is 2.44. The zero-order valence-corrected chi connectivity index (χ0v) is 11.7. The van der Waals surface area contributed by atoms with Crippen molar-refractivity contribution < 1.29 is 19.4 Å². The molecule has 1 saturated heterocycles. The van der Waals surface area contributed by atoms with Gasteiger partial charge in [-0.25, -0.2) is 4.79 Å². The summed E-state index contributed by atoms with van der Waals surface area (Å²) in [6.45, 7) is 0.403. The van der Waals surface area contributed by atoms with Crippen LogP contribution in [0.5, 0.6) is 0 Å². The lowest BCUT2D eigenvalue weighted by Gasteiger charge is -2.12. The van der Waals surface area contributed by atoms with E-state index < -0.39 is 12.1 Å². The van der Waals surface area contributed by atoms with Gasteiger partial charge in [0.25, 0.3) is 0 Å². The molecular formula is C16H19NO4. The normalized spacial score (nSPS) is 30.9. The molecule has 1 aromatic rings. The Morgan fingerprint density at radius 3 is 2.67 bits per heavy atom. The molecule has 1 aliphatic carbocycles. The van der Waals surface area contributed by atoms with Gasteiger partial charge in [-0.15, -0.1) is 0 Å². The van der Waals surface area contributed by atoms with Crippen LogP contribution in [0.3, 0.4) is 0 Å². The van der Waals surface area contributed by atoms with E-state index in [4.69, 9.17) is 9.84 Å². The van der Waals surface area contributed by atoms with Crippen molar-refractivity contribution >= 4 is 11.9 Å². The van der Waals surface area contributed by atoms with Gasteiger partial charge < -0.3 is 15.2 Å². The predicted molar refractivity (Wildman–Crippen MR) is 75.8 cm³/mol. The Morgan fingerprint density at radius 2 is 2.00 bits per heavy atom. The molecule has 21 heavy (non-hydrogen) atoms. The predicted octanol–water partition coefficient (Wildman–Crippen LogP) is 1.54. The number of ether oxygens (including phenoxy) is 1. The highest BCUT2D eigenvalue weighted by atomic mass is 16.5. The Balaban J connectivity index is 1.43. The molecule has 5 nitrogen and oxygen atoms in total. The van der Waals surface area contributed by atoms with Gasteiger partial charge in [0, 0.05) is 12.5 Å². The van der Waals surface area contributed by atoms with Crippen LogP contribution in [0.4, 0.5) is 0 Å². The first-order valence-corrected chi connectivity index (χ1v) is 7.36. The summed E-state index contributed by atoms with van der Waals surface area (Å²) in [5.41, 5.74) is 1.21. The molecule has 2 N–H and O–H groups in total. The molecule has 112 valence electrons. The fourth-order valence-corrected chi connectivity index (χ4v) is 2.94. The summed E-state index contributed by atoms with van der Waals surface area (Å²) in [6.07, 6.45) is 1.20. The quantitative estimate of drug-likeness (QED) is 0.862. The number of carboxylic acid groups (broad SMARTS) is 1. The van der Waals surface area contributed by atoms with Gasteiger partial charge >= 0.3 is 5.97 Å². The highest BCUT2D eigenvalue weighted by molar-refractivity contribution is 5.82. The van der Waals surface area contributed by atoms with Crippen molar-refractivity contribution in [1.82, 2.24) is 5.32 Å². The molecule has 2 aliphatic rings. The van der Waals surface area contributed by atoms with Crippen LogP contribution < -0.4 is 5.32 Å². The minimum absolute atomic E-state index is 0.0454. The molecule has 0 aromatic heterocycles. The summed E-state index contributed by atoms with van der Waals surface area (Å²) >= 11 is 0. The van der Waals surface area contributed by atoms with Gasteiger partial charge in [-0.2, -0.15) is 0 Å². The van der Waals surface area contributed by atoms with Crippen molar-refractivity contribution in [3.8, 4) is 0 Å². The Bertz CT molecular complexity index is 530. The summed E-state index contributed by atoms with van der Waals surface area (Å²) < 4.78 is 5.37. The molecule has 0 spiro atoms. The standard InChI is InChI=1S/C16H19NO4/c18-15(13-8-12(13)10-4-2-1-3-5-10)17-9-11-6-7-14(21-11)16(19)20/h1-5,11-14H,6-9H2,(H,17,18)(H,19,20). The van der Waals surface area contributed by atoms with Crippen LogP contribution in [0, 0.1) is 5.92 Å². The average molecular weight is 289 g/mol. The van der Waals surface area contributed by atoms with Gasteiger partial charge in [0.1, 0.15) is 0 Å². The number of carbonyl (C=O) groups excluding carboxylic acids is 1. The summed E-state index contributed by atoms with van der Waals surface area (Å²) in [5.74, 6) is -0.507.